The summed E-state index contributed by atoms with van der Waals surface area (Å²) in [5, 5.41) is 9.58. The van der Waals surface area contributed by atoms with Crippen molar-refractivity contribution in [3.05, 3.63) is 41.7 Å². The van der Waals surface area contributed by atoms with E-state index in [1.807, 2.05) is 27.7 Å². The molecule has 0 spiro atoms. The molecule has 5 nitrogen and oxygen atoms in total. The summed E-state index contributed by atoms with van der Waals surface area (Å²) in [4.78, 5) is 0. The van der Waals surface area contributed by atoms with Gasteiger partial charge in [0.2, 0.25) is 10.0 Å². The number of nitrogens with one attached hydrogen (secondary N) is 1. The van der Waals surface area contributed by atoms with Gasteiger partial charge in [-0.1, -0.05) is 45.9 Å². The number of benzene rings is 1. The van der Waals surface area contributed by atoms with Crippen molar-refractivity contribution in [2.24, 2.45) is 11.8 Å². The first kappa shape index (κ1) is 23.6. The molecule has 1 unspecified atom stereocenters. The van der Waals surface area contributed by atoms with Crippen LogP contribution in [-0.4, -0.2) is 39.0 Å². The molecule has 1 aromatic carbocycles. The summed E-state index contributed by atoms with van der Waals surface area (Å²) in [7, 11) is -3.46. The molecule has 0 radical (unpaired) electrons. The largest absolute Gasteiger partial charge is 0.490 e. The van der Waals surface area contributed by atoms with Crippen molar-refractivity contribution in [1.82, 2.24) is 4.72 Å². The van der Waals surface area contributed by atoms with Gasteiger partial charge in [-0.25, -0.2) is 17.5 Å². The first-order chi connectivity index (χ1) is 12.7. The highest BCUT2D eigenvalue weighted by atomic mass is 32.2. The Labute approximate surface area is 162 Å². The van der Waals surface area contributed by atoms with E-state index in [0.29, 0.717) is 6.61 Å². The molecule has 0 fully saturated rings. The van der Waals surface area contributed by atoms with Crippen LogP contribution in [0.15, 0.2) is 30.4 Å². The van der Waals surface area contributed by atoms with Gasteiger partial charge in [0, 0.05) is 19.1 Å². The SMILES string of the molecule is CC/C=C/CS(=O)(=O)NC[C@@H](c1ccc(F)c(OCC(C)C)c1)C(C)CO. The first-order valence-corrected chi connectivity index (χ1v) is 11.0. The van der Waals surface area contributed by atoms with E-state index in [0.717, 1.165) is 12.0 Å². The van der Waals surface area contributed by atoms with Gasteiger partial charge in [0.25, 0.3) is 0 Å². The van der Waals surface area contributed by atoms with E-state index in [9.17, 15) is 17.9 Å². The molecule has 2 atom stereocenters. The van der Waals surface area contributed by atoms with Gasteiger partial charge in [-0.2, -0.15) is 0 Å². The minimum Gasteiger partial charge on any atom is -0.490 e. The van der Waals surface area contributed by atoms with E-state index >= 15 is 0 Å². The quantitative estimate of drug-likeness (QED) is 0.526. The van der Waals surface area contributed by atoms with E-state index in [1.54, 1.807) is 24.3 Å². The molecule has 7 heteroatoms. The van der Waals surface area contributed by atoms with Gasteiger partial charge in [-0.3, -0.25) is 0 Å². The van der Waals surface area contributed by atoms with Gasteiger partial charge >= 0.3 is 0 Å². The number of sulfonamides is 1. The number of halogens is 1. The van der Waals surface area contributed by atoms with Gasteiger partial charge < -0.3 is 9.84 Å². The Bertz CT molecular complexity index is 704. The minimum absolute atomic E-state index is 0.0900. The number of aliphatic hydroxyl groups excluding tert-OH is 1. The zero-order valence-electron chi connectivity index (χ0n) is 16.6. The summed E-state index contributed by atoms with van der Waals surface area (Å²) < 4.78 is 46.4. The van der Waals surface area contributed by atoms with Gasteiger partial charge in [0.05, 0.1) is 12.4 Å². The third-order valence-electron chi connectivity index (χ3n) is 4.17. The van der Waals surface area contributed by atoms with Crippen molar-refractivity contribution in [3.63, 3.8) is 0 Å². The fourth-order valence-electron chi connectivity index (χ4n) is 2.53. The fourth-order valence-corrected chi connectivity index (χ4v) is 3.47. The molecular formula is C20H32FNO4S. The molecule has 2 N–H and O–H groups in total. The zero-order chi connectivity index (χ0) is 20.4. The number of hydrogen-bond donors (Lipinski definition) is 2. The van der Waals surface area contributed by atoms with Gasteiger partial charge in [0.15, 0.2) is 11.6 Å². The highest BCUT2D eigenvalue weighted by Crippen LogP contribution is 2.29. The van der Waals surface area contributed by atoms with Gasteiger partial charge in [0.1, 0.15) is 0 Å². The maximum atomic E-state index is 14.0. The van der Waals surface area contributed by atoms with E-state index in [2.05, 4.69) is 4.72 Å². The summed E-state index contributed by atoms with van der Waals surface area (Å²) in [6.45, 7) is 8.11. The lowest BCUT2D eigenvalue weighted by atomic mass is 9.87. The lowest BCUT2D eigenvalue weighted by Crippen LogP contribution is -2.33. The normalized spacial score (nSPS) is 14.6. The number of allylic oxidation sites excluding steroid dienone is 1. The number of aliphatic hydroxyl groups is 1. The molecular weight excluding hydrogens is 369 g/mol. The summed E-state index contributed by atoms with van der Waals surface area (Å²) in [5.41, 5.74) is 0.725. The molecule has 154 valence electrons. The van der Waals surface area contributed by atoms with Crippen molar-refractivity contribution in [2.75, 3.05) is 25.5 Å². The zero-order valence-corrected chi connectivity index (χ0v) is 17.4. The van der Waals surface area contributed by atoms with Crippen molar-refractivity contribution in [2.45, 2.75) is 40.0 Å². The van der Waals surface area contributed by atoms with E-state index < -0.39 is 15.8 Å². The van der Waals surface area contributed by atoms with Crippen LogP contribution < -0.4 is 9.46 Å². The minimum atomic E-state index is -3.46. The van der Waals surface area contributed by atoms with Gasteiger partial charge in [-0.15, -0.1) is 0 Å². The molecule has 1 rings (SSSR count). The molecule has 0 saturated heterocycles. The maximum absolute atomic E-state index is 14.0. The van der Waals surface area contributed by atoms with Crippen molar-refractivity contribution >= 4 is 10.0 Å². The molecule has 1 aromatic rings. The van der Waals surface area contributed by atoms with Crippen LogP contribution in [0.4, 0.5) is 4.39 Å². The molecule has 0 bridgehead atoms. The van der Waals surface area contributed by atoms with Crippen LogP contribution in [0.5, 0.6) is 5.75 Å². The van der Waals surface area contributed by atoms with Crippen LogP contribution in [0.25, 0.3) is 0 Å². The summed E-state index contributed by atoms with van der Waals surface area (Å²) in [6.07, 6.45) is 4.18. The molecule has 0 amide bonds. The second-order valence-electron chi connectivity index (χ2n) is 7.17. The second-order valence-corrected chi connectivity index (χ2v) is 9.02. The van der Waals surface area contributed by atoms with Crippen LogP contribution in [0.1, 0.15) is 45.6 Å². The molecule has 0 aliphatic rings. The molecule has 0 saturated carbocycles. The third kappa shape index (κ3) is 8.41. The highest BCUT2D eigenvalue weighted by molar-refractivity contribution is 7.89. The third-order valence-corrected chi connectivity index (χ3v) is 5.41. The smallest absolute Gasteiger partial charge is 0.215 e. The highest BCUT2D eigenvalue weighted by Gasteiger charge is 2.22. The van der Waals surface area contributed by atoms with Crippen LogP contribution in [0.3, 0.4) is 0 Å². The molecule has 0 aliphatic carbocycles. The average molecular weight is 402 g/mol. The Morgan fingerprint density at radius 1 is 1.26 bits per heavy atom. The van der Waals surface area contributed by atoms with Crippen LogP contribution in [-0.2, 0) is 10.0 Å². The topological polar surface area (TPSA) is 75.6 Å². The van der Waals surface area contributed by atoms with Crippen molar-refractivity contribution < 1.29 is 22.7 Å². The summed E-state index contributed by atoms with van der Waals surface area (Å²) in [6, 6.07) is 4.53. The number of hydrogen-bond acceptors (Lipinski definition) is 4. The van der Waals surface area contributed by atoms with Crippen LogP contribution in [0.2, 0.25) is 0 Å². The second kappa shape index (κ2) is 11.4. The van der Waals surface area contributed by atoms with E-state index in [4.69, 9.17) is 4.74 Å². The fraction of sp³-hybridized carbons (Fsp3) is 0.600. The Morgan fingerprint density at radius 3 is 2.56 bits per heavy atom. The van der Waals surface area contributed by atoms with E-state index in [-0.39, 0.29) is 42.4 Å². The Kier molecular flexibility index (Phi) is 9.98. The standard InChI is InChI=1S/C20H32FNO4S/c1-5-6-7-10-27(24,25)22-12-18(16(4)13-23)17-8-9-19(21)20(11-17)26-14-15(2)3/h6-9,11,15-16,18,22-23H,5,10,12-14H2,1-4H3/b7-6+/t16?,18-/m1/s1. The van der Waals surface area contributed by atoms with Crippen LogP contribution >= 0.6 is 0 Å². The summed E-state index contributed by atoms with van der Waals surface area (Å²) in [5.74, 6) is -0.662. The molecule has 27 heavy (non-hydrogen) atoms. The number of ether oxygens (including phenoxy) is 1. The average Bonchev–Trinajstić information content (AvgIpc) is 2.61. The molecule has 0 aliphatic heterocycles. The first-order valence-electron chi connectivity index (χ1n) is 9.35. The predicted molar refractivity (Wildman–Crippen MR) is 107 cm³/mol. The molecule has 0 heterocycles. The monoisotopic (exact) mass is 401 g/mol. The lowest BCUT2D eigenvalue weighted by Gasteiger charge is -2.24. The molecule has 0 aromatic heterocycles. The van der Waals surface area contributed by atoms with Gasteiger partial charge in [-0.05, 0) is 36.0 Å². The maximum Gasteiger partial charge on any atom is 0.215 e. The Morgan fingerprint density at radius 2 is 1.96 bits per heavy atom. The van der Waals surface area contributed by atoms with E-state index in [1.165, 1.54) is 6.07 Å². The lowest BCUT2D eigenvalue weighted by molar-refractivity contribution is 0.215. The Hall–Kier alpha value is -1.44. The Balaban J connectivity index is 2.97. The van der Waals surface area contributed by atoms with Crippen molar-refractivity contribution in [3.8, 4) is 5.75 Å². The predicted octanol–water partition coefficient (Wildman–Crippen LogP) is 3.46. The van der Waals surface area contributed by atoms with Crippen LogP contribution in [0, 0.1) is 17.7 Å². The van der Waals surface area contributed by atoms with Crippen molar-refractivity contribution in [1.29, 1.82) is 0 Å². The number of rotatable bonds is 12. The summed E-state index contributed by atoms with van der Waals surface area (Å²) >= 11 is 0.